The number of nitrogens with one attached hydrogen (secondary N) is 1. The van der Waals surface area contributed by atoms with Gasteiger partial charge in [-0.1, -0.05) is 37.3 Å². The van der Waals surface area contributed by atoms with Gasteiger partial charge in [-0.2, -0.15) is 0 Å². The molecule has 0 aliphatic rings. The minimum absolute atomic E-state index is 0.0750. The van der Waals surface area contributed by atoms with Gasteiger partial charge in [-0.15, -0.1) is 11.3 Å². The van der Waals surface area contributed by atoms with Crippen molar-refractivity contribution in [2.75, 3.05) is 19.4 Å². The van der Waals surface area contributed by atoms with Gasteiger partial charge in [0.15, 0.2) is 0 Å². The molecule has 7 nitrogen and oxygen atoms in total. The first-order chi connectivity index (χ1) is 13.4. The quantitative estimate of drug-likeness (QED) is 0.655. The molecule has 150 valence electrons. The van der Waals surface area contributed by atoms with Crippen molar-refractivity contribution in [3.8, 4) is 0 Å². The molecule has 1 aromatic carbocycles. The van der Waals surface area contributed by atoms with Crippen LogP contribution in [-0.4, -0.2) is 31.5 Å². The summed E-state index contributed by atoms with van der Waals surface area (Å²) in [7, 11) is 1.47. The van der Waals surface area contributed by atoms with Crippen LogP contribution in [-0.2, 0) is 20.9 Å². The van der Waals surface area contributed by atoms with Crippen molar-refractivity contribution in [3.63, 3.8) is 0 Å². The molecule has 0 fully saturated rings. The molecule has 0 saturated carbocycles. The van der Waals surface area contributed by atoms with Crippen LogP contribution < -0.4 is 11.1 Å². The molecule has 1 aromatic heterocycles. The molecule has 3 N–H and O–H groups in total. The Bertz CT molecular complexity index is 848. The van der Waals surface area contributed by atoms with E-state index in [0.717, 1.165) is 16.9 Å². The Morgan fingerprint density at radius 3 is 2.39 bits per heavy atom. The number of amides is 1. The molecular weight excluding hydrogens is 380 g/mol. The van der Waals surface area contributed by atoms with Gasteiger partial charge in [-0.3, -0.25) is 9.59 Å². The van der Waals surface area contributed by atoms with Gasteiger partial charge in [0.05, 0.1) is 12.5 Å². The molecule has 1 amide bonds. The summed E-state index contributed by atoms with van der Waals surface area (Å²) < 4.78 is 10.5. The fourth-order valence-electron chi connectivity index (χ4n) is 2.81. The van der Waals surface area contributed by atoms with Crippen LogP contribution in [0, 0.1) is 0 Å². The van der Waals surface area contributed by atoms with Crippen LogP contribution in [0.4, 0.5) is 5.00 Å². The van der Waals surface area contributed by atoms with Crippen molar-refractivity contribution in [3.05, 3.63) is 51.9 Å². The molecule has 2 rings (SSSR count). The standard InChI is InChI=1S/C20H24N2O5S/c1-4-13(12-9-7-6-8-10-12)19(24)27-11-14-15(20(25)26-5-2)17(21)28-16(14)18(23)22-3/h6-10,13H,4-5,11,21H2,1-3H3,(H,22,23)/t13-/m0/s1. The number of carbonyl (C=O) groups excluding carboxylic acids is 3. The van der Waals surface area contributed by atoms with Crippen LogP contribution in [0.5, 0.6) is 0 Å². The van der Waals surface area contributed by atoms with E-state index in [2.05, 4.69) is 5.32 Å². The van der Waals surface area contributed by atoms with Gasteiger partial charge in [0.2, 0.25) is 0 Å². The lowest BCUT2D eigenvalue weighted by Gasteiger charge is -2.15. The van der Waals surface area contributed by atoms with Crippen LogP contribution in [0.15, 0.2) is 30.3 Å². The summed E-state index contributed by atoms with van der Waals surface area (Å²) in [5.74, 6) is -1.93. The summed E-state index contributed by atoms with van der Waals surface area (Å²) in [6, 6.07) is 9.30. The zero-order valence-electron chi connectivity index (χ0n) is 16.1. The second-order valence-electron chi connectivity index (χ2n) is 5.93. The topological polar surface area (TPSA) is 108 Å². The molecule has 0 radical (unpaired) electrons. The largest absolute Gasteiger partial charge is 0.462 e. The normalized spacial score (nSPS) is 11.5. The lowest BCUT2D eigenvalue weighted by atomic mass is 9.97. The summed E-state index contributed by atoms with van der Waals surface area (Å²) in [6.07, 6.45) is 0.557. The fourth-order valence-corrected chi connectivity index (χ4v) is 3.82. The summed E-state index contributed by atoms with van der Waals surface area (Å²) in [5, 5.41) is 2.66. The van der Waals surface area contributed by atoms with E-state index in [4.69, 9.17) is 15.2 Å². The van der Waals surface area contributed by atoms with E-state index in [0.29, 0.717) is 6.42 Å². The number of rotatable bonds is 8. The summed E-state index contributed by atoms with van der Waals surface area (Å²) >= 11 is 0.964. The van der Waals surface area contributed by atoms with Crippen molar-refractivity contribution < 1.29 is 23.9 Å². The monoisotopic (exact) mass is 404 g/mol. The van der Waals surface area contributed by atoms with Crippen LogP contribution in [0.3, 0.4) is 0 Å². The number of carbonyl (C=O) groups is 3. The van der Waals surface area contributed by atoms with E-state index in [-0.39, 0.29) is 34.2 Å². The third kappa shape index (κ3) is 4.69. The number of esters is 2. The minimum atomic E-state index is -0.646. The highest BCUT2D eigenvalue weighted by Crippen LogP contribution is 2.33. The summed E-state index contributed by atoms with van der Waals surface area (Å²) in [5.41, 5.74) is 7.13. The maximum Gasteiger partial charge on any atom is 0.341 e. The smallest absolute Gasteiger partial charge is 0.341 e. The third-order valence-corrected chi connectivity index (χ3v) is 5.26. The molecule has 2 aromatic rings. The summed E-state index contributed by atoms with van der Waals surface area (Å²) in [6.45, 7) is 3.48. The van der Waals surface area contributed by atoms with E-state index in [1.807, 2.05) is 37.3 Å². The Hall–Kier alpha value is -2.87. The Morgan fingerprint density at radius 2 is 1.82 bits per heavy atom. The van der Waals surface area contributed by atoms with Crippen LogP contribution in [0.25, 0.3) is 0 Å². The van der Waals surface area contributed by atoms with Crippen molar-refractivity contribution in [1.82, 2.24) is 5.32 Å². The number of anilines is 1. The van der Waals surface area contributed by atoms with Gasteiger partial charge in [0.1, 0.15) is 22.0 Å². The highest BCUT2D eigenvalue weighted by Gasteiger charge is 2.28. The lowest BCUT2D eigenvalue weighted by Crippen LogP contribution is -2.21. The zero-order valence-corrected chi connectivity index (χ0v) is 16.9. The van der Waals surface area contributed by atoms with Gasteiger partial charge in [-0.05, 0) is 18.9 Å². The van der Waals surface area contributed by atoms with Gasteiger partial charge in [0, 0.05) is 12.6 Å². The third-order valence-electron chi connectivity index (χ3n) is 4.20. The Labute approximate surface area is 167 Å². The molecule has 1 atom stereocenters. The summed E-state index contributed by atoms with van der Waals surface area (Å²) in [4.78, 5) is 37.4. The maximum absolute atomic E-state index is 12.6. The second-order valence-corrected chi connectivity index (χ2v) is 6.98. The number of hydrogen-bond acceptors (Lipinski definition) is 7. The van der Waals surface area contributed by atoms with Crippen molar-refractivity contribution in [2.24, 2.45) is 0 Å². The average molecular weight is 404 g/mol. The zero-order chi connectivity index (χ0) is 20.7. The first-order valence-corrected chi connectivity index (χ1v) is 9.78. The maximum atomic E-state index is 12.6. The van der Waals surface area contributed by atoms with Gasteiger partial charge in [0.25, 0.3) is 5.91 Å². The number of nitrogen functional groups attached to an aromatic ring is 1. The highest BCUT2D eigenvalue weighted by atomic mass is 32.1. The minimum Gasteiger partial charge on any atom is -0.462 e. The number of thiophene rings is 1. The molecule has 0 aliphatic heterocycles. The van der Waals surface area contributed by atoms with E-state index in [9.17, 15) is 14.4 Å². The van der Waals surface area contributed by atoms with Crippen LogP contribution in [0.1, 0.15) is 57.3 Å². The Kier molecular flexibility index (Phi) is 7.57. The first-order valence-electron chi connectivity index (χ1n) is 8.96. The predicted octanol–water partition coefficient (Wildman–Crippen LogP) is 3.10. The molecule has 0 aliphatic carbocycles. The van der Waals surface area contributed by atoms with Crippen LogP contribution in [0.2, 0.25) is 0 Å². The molecule has 28 heavy (non-hydrogen) atoms. The van der Waals surface area contributed by atoms with Gasteiger partial charge >= 0.3 is 11.9 Å². The Balaban J connectivity index is 2.29. The first kappa shape index (κ1) is 21.4. The number of nitrogens with two attached hydrogens (primary N) is 1. The van der Waals surface area contributed by atoms with E-state index in [1.54, 1.807) is 6.92 Å². The van der Waals surface area contributed by atoms with Crippen molar-refractivity contribution >= 4 is 34.2 Å². The van der Waals surface area contributed by atoms with Gasteiger partial charge in [-0.25, -0.2) is 4.79 Å². The molecular formula is C20H24N2O5S. The van der Waals surface area contributed by atoms with Gasteiger partial charge < -0.3 is 20.5 Å². The number of hydrogen-bond donors (Lipinski definition) is 2. The van der Waals surface area contributed by atoms with Crippen molar-refractivity contribution in [2.45, 2.75) is 32.8 Å². The van der Waals surface area contributed by atoms with Crippen molar-refractivity contribution in [1.29, 1.82) is 0 Å². The van der Waals surface area contributed by atoms with E-state index in [1.165, 1.54) is 7.05 Å². The van der Waals surface area contributed by atoms with E-state index >= 15 is 0 Å². The molecule has 0 saturated heterocycles. The fraction of sp³-hybridized carbons (Fsp3) is 0.350. The molecule has 0 unspecified atom stereocenters. The average Bonchev–Trinajstić information content (AvgIpc) is 3.03. The molecule has 8 heteroatoms. The number of benzene rings is 1. The van der Waals surface area contributed by atoms with E-state index < -0.39 is 23.8 Å². The lowest BCUT2D eigenvalue weighted by molar-refractivity contribution is -0.147. The SMILES string of the molecule is CCOC(=O)c1c(N)sc(C(=O)NC)c1COC(=O)[C@@H](CC)c1ccccc1. The predicted molar refractivity (Wildman–Crippen MR) is 107 cm³/mol. The Morgan fingerprint density at radius 1 is 1.14 bits per heavy atom. The molecule has 0 bridgehead atoms. The highest BCUT2D eigenvalue weighted by molar-refractivity contribution is 7.18. The number of ether oxygens (including phenoxy) is 2. The van der Waals surface area contributed by atoms with Crippen LogP contribution >= 0.6 is 11.3 Å². The second kappa shape index (κ2) is 9.89. The molecule has 0 spiro atoms. The molecule has 1 heterocycles.